The first kappa shape index (κ1) is 10.3. The van der Waals surface area contributed by atoms with Crippen LogP contribution in [0.3, 0.4) is 0 Å². The maximum absolute atomic E-state index is 11.7. The topological polar surface area (TPSA) is 59.1 Å². The number of pyridine rings is 1. The van der Waals surface area contributed by atoms with Crippen LogP contribution in [0.25, 0.3) is 10.9 Å². The van der Waals surface area contributed by atoms with E-state index in [9.17, 15) is 9.59 Å². The van der Waals surface area contributed by atoms with Crippen molar-refractivity contribution < 1.29 is 9.59 Å². The summed E-state index contributed by atoms with van der Waals surface area (Å²) in [5.41, 5.74) is 1.30. The Labute approximate surface area is 92.3 Å². The van der Waals surface area contributed by atoms with Gasteiger partial charge in [0.25, 0.3) is 5.91 Å². The second kappa shape index (κ2) is 4.53. The SMILES string of the molecule is O=CCNC(=O)c1ccnc2ccccc12. The van der Waals surface area contributed by atoms with Crippen LogP contribution in [-0.2, 0) is 4.79 Å². The Bertz CT molecular complexity index is 532. The molecule has 2 aromatic rings. The molecule has 4 nitrogen and oxygen atoms in total. The molecule has 0 saturated heterocycles. The number of carbonyl (C=O) groups excluding carboxylic acids is 2. The molecular weight excluding hydrogens is 204 g/mol. The third-order valence-corrected chi connectivity index (χ3v) is 2.24. The van der Waals surface area contributed by atoms with Gasteiger partial charge in [0, 0.05) is 11.6 Å². The molecule has 0 radical (unpaired) electrons. The number of nitrogens with one attached hydrogen (secondary N) is 1. The van der Waals surface area contributed by atoms with Crippen LogP contribution in [-0.4, -0.2) is 23.7 Å². The minimum atomic E-state index is -0.259. The van der Waals surface area contributed by atoms with Crippen LogP contribution in [0.2, 0.25) is 0 Å². The van der Waals surface area contributed by atoms with Crippen molar-refractivity contribution in [3.8, 4) is 0 Å². The number of carbonyl (C=O) groups is 2. The van der Waals surface area contributed by atoms with E-state index in [0.29, 0.717) is 11.8 Å². The fraction of sp³-hybridized carbons (Fsp3) is 0.0833. The first-order chi connectivity index (χ1) is 7.83. The lowest BCUT2D eigenvalue weighted by Crippen LogP contribution is -2.25. The summed E-state index contributed by atoms with van der Waals surface area (Å²) in [5.74, 6) is -0.259. The van der Waals surface area contributed by atoms with E-state index in [1.165, 1.54) is 0 Å². The van der Waals surface area contributed by atoms with E-state index >= 15 is 0 Å². The predicted octanol–water partition coefficient (Wildman–Crippen LogP) is 1.16. The van der Waals surface area contributed by atoms with Gasteiger partial charge in [0.1, 0.15) is 6.29 Å². The number of amides is 1. The molecule has 0 atom stereocenters. The number of hydrogen-bond acceptors (Lipinski definition) is 3. The molecule has 80 valence electrons. The van der Waals surface area contributed by atoms with Gasteiger partial charge in [0.15, 0.2) is 0 Å². The van der Waals surface area contributed by atoms with Crippen LogP contribution in [0.5, 0.6) is 0 Å². The average Bonchev–Trinajstić information content (AvgIpc) is 2.35. The second-order valence-corrected chi connectivity index (χ2v) is 3.25. The summed E-state index contributed by atoms with van der Waals surface area (Å²) >= 11 is 0. The van der Waals surface area contributed by atoms with Gasteiger partial charge in [-0.3, -0.25) is 9.78 Å². The van der Waals surface area contributed by atoms with Crippen molar-refractivity contribution in [1.29, 1.82) is 0 Å². The number of fused-ring (bicyclic) bond motifs is 1. The molecule has 1 N–H and O–H groups in total. The highest BCUT2D eigenvalue weighted by molar-refractivity contribution is 6.06. The van der Waals surface area contributed by atoms with E-state index < -0.39 is 0 Å². The van der Waals surface area contributed by atoms with Crippen LogP contribution in [0.15, 0.2) is 36.5 Å². The summed E-state index contributed by atoms with van der Waals surface area (Å²) in [6.07, 6.45) is 2.24. The minimum absolute atomic E-state index is 0.0233. The van der Waals surface area contributed by atoms with Crippen LogP contribution in [0.1, 0.15) is 10.4 Å². The van der Waals surface area contributed by atoms with Crippen molar-refractivity contribution in [2.24, 2.45) is 0 Å². The number of hydrogen-bond donors (Lipinski definition) is 1. The zero-order chi connectivity index (χ0) is 11.4. The number of aldehydes is 1. The zero-order valence-electron chi connectivity index (χ0n) is 8.51. The number of aromatic nitrogens is 1. The third-order valence-electron chi connectivity index (χ3n) is 2.24. The molecular formula is C12H10N2O2. The average molecular weight is 214 g/mol. The van der Waals surface area contributed by atoms with Gasteiger partial charge < -0.3 is 10.1 Å². The highest BCUT2D eigenvalue weighted by Crippen LogP contribution is 2.15. The van der Waals surface area contributed by atoms with E-state index in [1.54, 1.807) is 12.3 Å². The van der Waals surface area contributed by atoms with Crippen molar-refractivity contribution in [1.82, 2.24) is 10.3 Å². The van der Waals surface area contributed by atoms with Gasteiger partial charge in [0.05, 0.1) is 17.6 Å². The van der Waals surface area contributed by atoms with Gasteiger partial charge in [-0.15, -0.1) is 0 Å². The fourth-order valence-electron chi connectivity index (χ4n) is 1.52. The van der Waals surface area contributed by atoms with Crippen molar-refractivity contribution in [3.63, 3.8) is 0 Å². The van der Waals surface area contributed by atoms with E-state index in [1.807, 2.05) is 24.3 Å². The van der Waals surface area contributed by atoms with Crippen LogP contribution < -0.4 is 5.32 Å². The molecule has 2 rings (SSSR count). The molecule has 0 unspecified atom stereocenters. The van der Waals surface area contributed by atoms with E-state index in [2.05, 4.69) is 10.3 Å². The first-order valence-corrected chi connectivity index (χ1v) is 4.88. The summed E-state index contributed by atoms with van der Waals surface area (Å²) < 4.78 is 0. The van der Waals surface area contributed by atoms with Crippen molar-refractivity contribution >= 4 is 23.1 Å². The maximum atomic E-state index is 11.7. The van der Waals surface area contributed by atoms with Crippen LogP contribution >= 0.6 is 0 Å². The van der Waals surface area contributed by atoms with Crippen LogP contribution in [0, 0.1) is 0 Å². The minimum Gasteiger partial charge on any atom is -0.345 e. The number of benzene rings is 1. The quantitative estimate of drug-likeness (QED) is 0.780. The molecule has 0 aliphatic rings. The molecule has 0 aliphatic carbocycles. The molecule has 0 saturated carbocycles. The van der Waals surface area contributed by atoms with Gasteiger partial charge in [-0.2, -0.15) is 0 Å². The molecule has 1 aromatic carbocycles. The molecule has 0 spiro atoms. The van der Waals surface area contributed by atoms with E-state index in [-0.39, 0.29) is 12.5 Å². The molecule has 0 fully saturated rings. The third kappa shape index (κ3) is 1.91. The lowest BCUT2D eigenvalue weighted by atomic mass is 10.1. The van der Waals surface area contributed by atoms with Crippen molar-refractivity contribution in [3.05, 3.63) is 42.1 Å². The summed E-state index contributed by atoms with van der Waals surface area (Å²) in [5, 5.41) is 3.29. The largest absolute Gasteiger partial charge is 0.345 e. The summed E-state index contributed by atoms with van der Waals surface area (Å²) in [4.78, 5) is 26.1. The van der Waals surface area contributed by atoms with Crippen molar-refractivity contribution in [2.45, 2.75) is 0 Å². The van der Waals surface area contributed by atoms with Gasteiger partial charge >= 0.3 is 0 Å². The van der Waals surface area contributed by atoms with Crippen LogP contribution in [0.4, 0.5) is 0 Å². The predicted molar refractivity (Wildman–Crippen MR) is 60.1 cm³/mol. The Balaban J connectivity index is 2.44. The molecule has 1 aromatic heterocycles. The summed E-state index contributed by atoms with van der Waals surface area (Å²) in [6.45, 7) is 0.0233. The Hall–Kier alpha value is -2.23. The van der Waals surface area contributed by atoms with Gasteiger partial charge in [-0.1, -0.05) is 18.2 Å². The normalized spacial score (nSPS) is 10.0. The van der Waals surface area contributed by atoms with Crippen molar-refractivity contribution in [2.75, 3.05) is 6.54 Å². The van der Waals surface area contributed by atoms with E-state index in [0.717, 1.165) is 10.9 Å². The highest BCUT2D eigenvalue weighted by Gasteiger charge is 2.08. The lowest BCUT2D eigenvalue weighted by molar-refractivity contribution is -0.107. The first-order valence-electron chi connectivity index (χ1n) is 4.88. The summed E-state index contributed by atoms with van der Waals surface area (Å²) in [7, 11) is 0. The Morgan fingerprint density at radius 2 is 2.12 bits per heavy atom. The Morgan fingerprint density at radius 3 is 2.94 bits per heavy atom. The Kier molecular flexibility index (Phi) is 2.91. The molecule has 1 amide bonds. The standard InChI is InChI=1S/C12H10N2O2/c15-8-7-14-12(16)10-5-6-13-11-4-2-1-3-9(10)11/h1-6,8H,7H2,(H,14,16). The highest BCUT2D eigenvalue weighted by atomic mass is 16.2. The fourth-order valence-corrected chi connectivity index (χ4v) is 1.52. The molecule has 1 heterocycles. The van der Waals surface area contributed by atoms with Gasteiger partial charge in [0.2, 0.25) is 0 Å². The Morgan fingerprint density at radius 1 is 1.31 bits per heavy atom. The zero-order valence-corrected chi connectivity index (χ0v) is 8.51. The van der Waals surface area contributed by atoms with Gasteiger partial charge in [-0.05, 0) is 12.1 Å². The molecule has 16 heavy (non-hydrogen) atoms. The maximum Gasteiger partial charge on any atom is 0.252 e. The van der Waals surface area contributed by atoms with Gasteiger partial charge in [-0.25, -0.2) is 0 Å². The molecule has 0 bridgehead atoms. The molecule has 4 heteroatoms. The number of nitrogens with zero attached hydrogens (tertiary/aromatic N) is 1. The van der Waals surface area contributed by atoms with E-state index in [4.69, 9.17) is 0 Å². The second-order valence-electron chi connectivity index (χ2n) is 3.25. The number of para-hydroxylation sites is 1. The lowest BCUT2D eigenvalue weighted by Gasteiger charge is -2.04. The summed E-state index contributed by atoms with van der Waals surface area (Å²) in [6, 6.07) is 9.02. The molecule has 0 aliphatic heterocycles. The monoisotopic (exact) mass is 214 g/mol. The number of rotatable bonds is 3. The smallest absolute Gasteiger partial charge is 0.252 e.